The Hall–Kier alpha value is -1.43. The summed E-state index contributed by atoms with van der Waals surface area (Å²) in [4.78, 5) is 25.8. The van der Waals surface area contributed by atoms with Crippen molar-refractivity contribution in [2.75, 3.05) is 0 Å². The van der Waals surface area contributed by atoms with E-state index in [0.29, 0.717) is 23.4 Å². The maximum atomic E-state index is 11.0. The van der Waals surface area contributed by atoms with Crippen molar-refractivity contribution >= 4 is 23.3 Å². The van der Waals surface area contributed by atoms with E-state index in [2.05, 4.69) is 4.98 Å². The van der Waals surface area contributed by atoms with Gasteiger partial charge < -0.3 is 10.2 Å². The average molecular weight is 271 g/mol. The normalized spacial score (nSPS) is 10.5. The lowest BCUT2D eigenvalue weighted by Gasteiger charge is -1.99. The first-order chi connectivity index (χ1) is 8.50. The van der Waals surface area contributed by atoms with Gasteiger partial charge in [-0.05, 0) is 26.2 Å². The summed E-state index contributed by atoms with van der Waals surface area (Å²) in [6.07, 6.45) is 4.15. The van der Waals surface area contributed by atoms with Gasteiger partial charge >= 0.3 is 11.9 Å². The van der Waals surface area contributed by atoms with E-state index in [1.165, 1.54) is 11.3 Å². The van der Waals surface area contributed by atoms with Crippen LogP contribution in [-0.4, -0.2) is 27.1 Å². The van der Waals surface area contributed by atoms with Crippen LogP contribution in [0.5, 0.6) is 0 Å². The van der Waals surface area contributed by atoms with Crippen molar-refractivity contribution < 1.29 is 19.8 Å². The van der Waals surface area contributed by atoms with E-state index >= 15 is 0 Å². The van der Waals surface area contributed by atoms with Crippen molar-refractivity contribution in [2.24, 2.45) is 0 Å². The molecule has 0 saturated heterocycles. The summed E-state index contributed by atoms with van der Waals surface area (Å²) in [6.45, 7) is 1.80. The Kier molecular flexibility index (Phi) is 5.77. The summed E-state index contributed by atoms with van der Waals surface area (Å²) in [5.41, 5.74) is 0.656. The number of rotatable bonds is 8. The summed E-state index contributed by atoms with van der Waals surface area (Å²) in [6, 6.07) is 0. The minimum atomic E-state index is -0.915. The molecule has 0 radical (unpaired) electrons. The fourth-order valence-corrected chi connectivity index (χ4v) is 2.53. The van der Waals surface area contributed by atoms with Crippen LogP contribution >= 0.6 is 11.3 Å². The molecule has 0 bridgehead atoms. The zero-order chi connectivity index (χ0) is 13.5. The Balaban J connectivity index is 2.31. The van der Waals surface area contributed by atoms with Gasteiger partial charge in [0, 0.05) is 6.42 Å². The van der Waals surface area contributed by atoms with E-state index in [1.807, 2.05) is 0 Å². The molecule has 1 rings (SSSR count). The highest BCUT2D eigenvalue weighted by atomic mass is 32.1. The van der Waals surface area contributed by atoms with Crippen molar-refractivity contribution in [3.8, 4) is 0 Å². The van der Waals surface area contributed by atoms with Gasteiger partial charge in [-0.3, -0.25) is 4.79 Å². The summed E-state index contributed by atoms with van der Waals surface area (Å²) < 4.78 is 0. The number of nitrogens with zero attached hydrogens (tertiary/aromatic N) is 1. The minimum Gasteiger partial charge on any atom is -0.481 e. The van der Waals surface area contributed by atoms with Crippen molar-refractivity contribution in [3.63, 3.8) is 0 Å². The highest BCUT2D eigenvalue weighted by Crippen LogP contribution is 2.20. The molecular formula is C12H17NO4S. The fourth-order valence-electron chi connectivity index (χ4n) is 1.73. The first-order valence-electron chi connectivity index (χ1n) is 5.92. The summed E-state index contributed by atoms with van der Waals surface area (Å²) >= 11 is 1.21. The summed E-state index contributed by atoms with van der Waals surface area (Å²) in [5.74, 6) is -1.68. The Labute approximate surface area is 109 Å². The van der Waals surface area contributed by atoms with Gasteiger partial charge in [0.05, 0.1) is 10.7 Å². The molecule has 5 nitrogen and oxygen atoms in total. The number of hydrogen-bond acceptors (Lipinski definition) is 4. The van der Waals surface area contributed by atoms with Crippen LogP contribution in [0.1, 0.15) is 52.5 Å². The van der Waals surface area contributed by atoms with Gasteiger partial charge in [-0.1, -0.05) is 12.8 Å². The predicted molar refractivity (Wildman–Crippen MR) is 68.2 cm³/mol. The predicted octanol–water partition coefficient (Wildman–Crippen LogP) is 2.73. The molecule has 1 aromatic heterocycles. The molecular weight excluding hydrogens is 254 g/mol. The van der Waals surface area contributed by atoms with Crippen LogP contribution in [0.2, 0.25) is 0 Å². The maximum absolute atomic E-state index is 11.0. The molecule has 0 fully saturated rings. The lowest BCUT2D eigenvalue weighted by molar-refractivity contribution is -0.137. The third kappa shape index (κ3) is 4.83. The van der Waals surface area contributed by atoms with E-state index in [0.717, 1.165) is 24.3 Å². The quantitative estimate of drug-likeness (QED) is 0.710. The zero-order valence-corrected chi connectivity index (χ0v) is 11.1. The van der Waals surface area contributed by atoms with Crippen LogP contribution in [0.4, 0.5) is 0 Å². The van der Waals surface area contributed by atoms with E-state index in [-0.39, 0.29) is 6.42 Å². The van der Waals surface area contributed by atoms with E-state index in [1.54, 1.807) is 6.92 Å². The molecule has 0 aliphatic heterocycles. The number of aliphatic carboxylic acids is 1. The van der Waals surface area contributed by atoms with Crippen molar-refractivity contribution in [1.29, 1.82) is 0 Å². The second kappa shape index (κ2) is 7.10. The maximum Gasteiger partial charge on any atom is 0.347 e. The lowest BCUT2D eigenvalue weighted by atomic mass is 10.1. The van der Waals surface area contributed by atoms with Gasteiger partial charge in [-0.25, -0.2) is 9.78 Å². The molecule has 18 heavy (non-hydrogen) atoms. The van der Waals surface area contributed by atoms with Crippen LogP contribution in [-0.2, 0) is 11.2 Å². The van der Waals surface area contributed by atoms with Crippen LogP contribution in [0, 0.1) is 6.92 Å². The third-order valence-electron chi connectivity index (χ3n) is 2.55. The van der Waals surface area contributed by atoms with Gasteiger partial charge in [0.1, 0.15) is 4.88 Å². The fraction of sp³-hybridized carbons (Fsp3) is 0.583. The number of thiazole rings is 1. The van der Waals surface area contributed by atoms with Crippen LogP contribution < -0.4 is 0 Å². The molecule has 100 valence electrons. The number of unbranched alkanes of at least 4 members (excludes halogenated alkanes) is 3. The first-order valence-corrected chi connectivity index (χ1v) is 6.73. The van der Waals surface area contributed by atoms with Crippen molar-refractivity contribution in [3.05, 3.63) is 15.6 Å². The molecule has 1 aromatic rings. The van der Waals surface area contributed by atoms with E-state index in [4.69, 9.17) is 10.2 Å². The number of carboxylic acid groups (broad SMARTS) is 2. The minimum absolute atomic E-state index is 0.205. The highest BCUT2D eigenvalue weighted by Gasteiger charge is 2.14. The number of aromatic carboxylic acids is 1. The molecule has 0 unspecified atom stereocenters. The number of aromatic nitrogens is 1. The number of carbonyl (C=O) groups is 2. The SMILES string of the molecule is Cc1nc(CCCCCCC(=O)O)c(C(=O)O)s1. The van der Waals surface area contributed by atoms with Gasteiger partial charge in [-0.2, -0.15) is 0 Å². The topological polar surface area (TPSA) is 87.5 Å². The second-order valence-electron chi connectivity index (χ2n) is 4.12. The lowest BCUT2D eigenvalue weighted by Crippen LogP contribution is -1.99. The Bertz CT molecular complexity index is 428. The van der Waals surface area contributed by atoms with Gasteiger partial charge in [0.15, 0.2) is 0 Å². The van der Waals surface area contributed by atoms with Crippen LogP contribution in [0.15, 0.2) is 0 Å². The molecule has 1 heterocycles. The number of hydrogen-bond donors (Lipinski definition) is 2. The van der Waals surface area contributed by atoms with Gasteiger partial charge in [-0.15, -0.1) is 11.3 Å². The summed E-state index contributed by atoms with van der Waals surface area (Å²) in [5, 5.41) is 18.2. The smallest absolute Gasteiger partial charge is 0.347 e. The van der Waals surface area contributed by atoms with Crippen LogP contribution in [0.25, 0.3) is 0 Å². The van der Waals surface area contributed by atoms with Crippen molar-refractivity contribution in [2.45, 2.75) is 45.4 Å². The number of aryl methyl sites for hydroxylation is 2. The molecule has 0 aliphatic rings. The average Bonchev–Trinajstić information content (AvgIpc) is 2.64. The standard InChI is InChI=1S/C12H17NO4S/c1-8-13-9(11(18-8)12(16)17)6-4-2-3-5-7-10(14)15/h2-7H2,1H3,(H,14,15)(H,16,17). The van der Waals surface area contributed by atoms with E-state index in [9.17, 15) is 9.59 Å². The summed E-state index contributed by atoms with van der Waals surface area (Å²) in [7, 11) is 0. The number of carboxylic acids is 2. The van der Waals surface area contributed by atoms with E-state index < -0.39 is 11.9 Å². The molecule has 0 amide bonds. The molecule has 0 aliphatic carbocycles. The Morgan fingerprint density at radius 1 is 1.17 bits per heavy atom. The zero-order valence-electron chi connectivity index (χ0n) is 10.3. The molecule has 0 aromatic carbocycles. The largest absolute Gasteiger partial charge is 0.481 e. The monoisotopic (exact) mass is 271 g/mol. The first kappa shape index (κ1) is 14.6. The third-order valence-corrected chi connectivity index (χ3v) is 3.55. The molecule has 0 spiro atoms. The second-order valence-corrected chi connectivity index (χ2v) is 5.33. The van der Waals surface area contributed by atoms with Gasteiger partial charge in [0.25, 0.3) is 0 Å². The van der Waals surface area contributed by atoms with Crippen molar-refractivity contribution in [1.82, 2.24) is 4.98 Å². The Morgan fingerprint density at radius 2 is 1.83 bits per heavy atom. The molecule has 6 heteroatoms. The molecule has 0 atom stereocenters. The molecule has 2 N–H and O–H groups in total. The van der Waals surface area contributed by atoms with Gasteiger partial charge in [0.2, 0.25) is 0 Å². The van der Waals surface area contributed by atoms with Crippen LogP contribution in [0.3, 0.4) is 0 Å². The highest BCUT2D eigenvalue weighted by molar-refractivity contribution is 7.13. The Morgan fingerprint density at radius 3 is 2.44 bits per heavy atom. The molecule has 0 saturated carbocycles.